The fourth-order valence-corrected chi connectivity index (χ4v) is 3.28. The second-order valence-electron chi connectivity index (χ2n) is 6.27. The number of hydrogen-bond donors (Lipinski definition) is 2. The van der Waals surface area contributed by atoms with Gasteiger partial charge in [-0.2, -0.15) is 0 Å². The standard InChI is InChI=1S/C17H27N3O/c1-3-7-14-10-13(11-15(18)20-14)16(21)19-12-17(4-2)8-5-6-9-17/h10-11H,3-9,12H2,1-2H3,(H2,18,20)(H,19,21). The number of aromatic nitrogens is 1. The molecule has 1 aromatic rings. The van der Waals surface area contributed by atoms with Crippen LogP contribution in [0.5, 0.6) is 0 Å². The van der Waals surface area contributed by atoms with Crippen LogP contribution in [0.4, 0.5) is 5.82 Å². The second-order valence-corrected chi connectivity index (χ2v) is 6.27. The topological polar surface area (TPSA) is 68.0 Å². The first-order valence-corrected chi connectivity index (χ1v) is 8.13. The van der Waals surface area contributed by atoms with Crippen LogP contribution in [0.15, 0.2) is 12.1 Å². The largest absolute Gasteiger partial charge is 0.384 e. The van der Waals surface area contributed by atoms with Crippen LogP contribution in [0.2, 0.25) is 0 Å². The van der Waals surface area contributed by atoms with E-state index in [9.17, 15) is 4.79 Å². The lowest BCUT2D eigenvalue weighted by molar-refractivity contribution is 0.0928. The number of nitrogens with one attached hydrogen (secondary N) is 1. The van der Waals surface area contributed by atoms with Crippen LogP contribution in [-0.4, -0.2) is 17.4 Å². The normalized spacial score (nSPS) is 16.9. The van der Waals surface area contributed by atoms with Gasteiger partial charge in [-0.25, -0.2) is 4.98 Å². The maximum Gasteiger partial charge on any atom is 0.251 e. The lowest BCUT2D eigenvalue weighted by Gasteiger charge is -2.27. The summed E-state index contributed by atoms with van der Waals surface area (Å²) < 4.78 is 0. The summed E-state index contributed by atoms with van der Waals surface area (Å²) >= 11 is 0. The molecule has 0 spiro atoms. The van der Waals surface area contributed by atoms with E-state index in [0.29, 0.717) is 16.8 Å². The number of carbonyl (C=O) groups excluding carboxylic acids is 1. The number of hydrogen-bond acceptors (Lipinski definition) is 3. The predicted octanol–water partition coefficient (Wildman–Crippen LogP) is 3.32. The first-order valence-electron chi connectivity index (χ1n) is 8.13. The molecule has 21 heavy (non-hydrogen) atoms. The van der Waals surface area contributed by atoms with Crippen molar-refractivity contribution < 1.29 is 4.79 Å². The molecule has 1 saturated carbocycles. The average Bonchev–Trinajstić information content (AvgIpc) is 2.94. The smallest absolute Gasteiger partial charge is 0.251 e. The number of amides is 1. The summed E-state index contributed by atoms with van der Waals surface area (Å²) in [6.07, 6.45) is 8.00. The Morgan fingerprint density at radius 2 is 2.05 bits per heavy atom. The van der Waals surface area contributed by atoms with Crippen molar-refractivity contribution in [3.8, 4) is 0 Å². The minimum absolute atomic E-state index is 0.0267. The third-order valence-corrected chi connectivity index (χ3v) is 4.70. The molecule has 0 bridgehead atoms. The van der Waals surface area contributed by atoms with E-state index >= 15 is 0 Å². The number of aryl methyl sites for hydroxylation is 1. The Kier molecular flexibility index (Phi) is 5.21. The summed E-state index contributed by atoms with van der Waals surface area (Å²) in [5, 5.41) is 3.11. The zero-order valence-electron chi connectivity index (χ0n) is 13.2. The van der Waals surface area contributed by atoms with Crippen LogP contribution in [0, 0.1) is 5.41 Å². The number of carbonyl (C=O) groups is 1. The van der Waals surface area contributed by atoms with Crippen molar-refractivity contribution in [3.63, 3.8) is 0 Å². The van der Waals surface area contributed by atoms with Crippen molar-refractivity contribution in [2.24, 2.45) is 5.41 Å². The van der Waals surface area contributed by atoms with Gasteiger partial charge in [0, 0.05) is 17.8 Å². The van der Waals surface area contributed by atoms with Crippen LogP contribution in [0.1, 0.15) is 68.4 Å². The molecule has 4 nitrogen and oxygen atoms in total. The van der Waals surface area contributed by atoms with E-state index in [2.05, 4.69) is 24.1 Å². The van der Waals surface area contributed by atoms with Crippen LogP contribution in [0.3, 0.4) is 0 Å². The minimum Gasteiger partial charge on any atom is -0.384 e. The highest BCUT2D eigenvalue weighted by atomic mass is 16.1. The van der Waals surface area contributed by atoms with E-state index in [1.165, 1.54) is 25.7 Å². The lowest BCUT2D eigenvalue weighted by atomic mass is 9.83. The van der Waals surface area contributed by atoms with Crippen molar-refractivity contribution in [1.82, 2.24) is 10.3 Å². The third-order valence-electron chi connectivity index (χ3n) is 4.70. The molecule has 1 heterocycles. The zero-order chi connectivity index (χ0) is 15.3. The quantitative estimate of drug-likeness (QED) is 0.844. The Balaban J connectivity index is 2.02. The third kappa shape index (κ3) is 3.96. The lowest BCUT2D eigenvalue weighted by Crippen LogP contribution is -2.35. The van der Waals surface area contributed by atoms with Crippen LogP contribution < -0.4 is 11.1 Å². The molecule has 0 aliphatic heterocycles. The van der Waals surface area contributed by atoms with E-state index in [1.54, 1.807) is 6.07 Å². The van der Waals surface area contributed by atoms with E-state index in [1.807, 2.05) is 6.07 Å². The van der Waals surface area contributed by atoms with E-state index in [0.717, 1.165) is 31.5 Å². The van der Waals surface area contributed by atoms with Gasteiger partial charge >= 0.3 is 0 Å². The van der Waals surface area contributed by atoms with Gasteiger partial charge in [-0.3, -0.25) is 4.79 Å². The molecular formula is C17H27N3O. The summed E-state index contributed by atoms with van der Waals surface area (Å²) in [4.78, 5) is 16.6. The van der Waals surface area contributed by atoms with E-state index in [4.69, 9.17) is 5.73 Å². The number of nitrogen functional groups attached to an aromatic ring is 1. The Morgan fingerprint density at radius 3 is 2.67 bits per heavy atom. The highest BCUT2D eigenvalue weighted by Crippen LogP contribution is 2.40. The summed E-state index contributed by atoms with van der Waals surface area (Å²) in [5.41, 5.74) is 7.64. The van der Waals surface area contributed by atoms with Crippen molar-refractivity contribution in [2.45, 2.75) is 58.8 Å². The Labute approximate surface area is 127 Å². The SMILES string of the molecule is CCCc1cc(C(=O)NCC2(CC)CCCC2)cc(N)n1. The second kappa shape index (κ2) is 6.92. The first kappa shape index (κ1) is 15.8. The summed E-state index contributed by atoms with van der Waals surface area (Å²) in [6.45, 7) is 5.09. The number of nitrogens with zero attached hydrogens (tertiary/aromatic N) is 1. The first-order chi connectivity index (χ1) is 10.1. The van der Waals surface area contributed by atoms with Gasteiger partial charge in [0.15, 0.2) is 0 Å². The minimum atomic E-state index is -0.0267. The van der Waals surface area contributed by atoms with Crippen molar-refractivity contribution in [2.75, 3.05) is 12.3 Å². The number of anilines is 1. The maximum absolute atomic E-state index is 12.4. The molecule has 2 rings (SSSR count). The molecule has 0 aromatic carbocycles. The average molecular weight is 289 g/mol. The highest BCUT2D eigenvalue weighted by Gasteiger charge is 2.32. The number of pyridine rings is 1. The predicted molar refractivity (Wildman–Crippen MR) is 86.2 cm³/mol. The van der Waals surface area contributed by atoms with Gasteiger partial charge in [0.05, 0.1) is 0 Å². The Bertz CT molecular complexity index is 493. The maximum atomic E-state index is 12.4. The van der Waals surface area contributed by atoms with Crippen LogP contribution in [0.25, 0.3) is 0 Å². The summed E-state index contributed by atoms with van der Waals surface area (Å²) in [5.74, 6) is 0.401. The fraction of sp³-hybridized carbons (Fsp3) is 0.647. The fourth-order valence-electron chi connectivity index (χ4n) is 3.28. The molecule has 1 aliphatic rings. The molecule has 1 amide bonds. The summed E-state index contributed by atoms with van der Waals surface area (Å²) in [6, 6.07) is 3.53. The van der Waals surface area contributed by atoms with Gasteiger partial charge in [0.2, 0.25) is 0 Å². The van der Waals surface area contributed by atoms with Crippen molar-refractivity contribution in [3.05, 3.63) is 23.4 Å². The van der Waals surface area contributed by atoms with Gasteiger partial charge in [-0.05, 0) is 43.2 Å². The van der Waals surface area contributed by atoms with Gasteiger partial charge in [-0.1, -0.05) is 33.1 Å². The van der Waals surface area contributed by atoms with Crippen molar-refractivity contribution in [1.29, 1.82) is 0 Å². The monoisotopic (exact) mass is 289 g/mol. The van der Waals surface area contributed by atoms with Crippen molar-refractivity contribution >= 4 is 11.7 Å². The van der Waals surface area contributed by atoms with Gasteiger partial charge in [-0.15, -0.1) is 0 Å². The molecule has 3 N–H and O–H groups in total. The molecule has 1 aromatic heterocycles. The molecule has 1 fully saturated rings. The molecule has 0 radical (unpaired) electrons. The van der Waals surface area contributed by atoms with Gasteiger partial charge in [0.1, 0.15) is 5.82 Å². The van der Waals surface area contributed by atoms with Gasteiger partial charge in [0.25, 0.3) is 5.91 Å². The van der Waals surface area contributed by atoms with E-state index in [-0.39, 0.29) is 5.91 Å². The highest BCUT2D eigenvalue weighted by molar-refractivity contribution is 5.94. The molecule has 0 saturated heterocycles. The van der Waals surface area contributed by atoms with Gasteiger partial charge < -0.3 is 11.1 Å². The Morgan fingerprint density at radius 1 is 1.33 bits per heavy atom. The number of nitrogens with two attached hydrogens (primary N) is 1. The summed E-state index contributed by atoms with van der Waals surface area (Å²) in [7, 11) is 0. The molecular weight excluding hydrogens is 262 g/mol. The zero-order valence-corrected chi connectivity index (χ0v) is 13.2. The Hall–Kier alpha value is -1.58. The van der Waals surface area contributed by atoms with Crippen LogP contribution in [-0.2, 0) is 6.42 Å². The number of rotatable bonds is 6. The molecule has 116 valence electrons. The van der Waals surface area contributed by atoms with E-state index < -0.39 is 0 Å². The molecule has 0 atom stereocenters. The molecule has 0 unspecified atom stereocenters. The van der Waals surface area contributed by atoms with Crippen LogP contribution >= 0.6 is 0 Å². The molecule has 1 aliphatic carbocycles. The molecule has 4 heteroatoms.